The Morgan fingerprint density at radius 1 is 1.36 bits per heavy atom. The molecule has 0 aromatic carbocycles. The van der Waals surface area contributed by atoms with Crippen LogP contribution in [0.2, 0.25) is 0 Å². The van der Waals surface area contributed by atoms with Gasteiger partial charge < -0.3 is 20.1 Å². The van der Waals surface area contributed by atoms with Crippen LogP contribution in [-0.4, -0.2) is 53.8 Å². The van der Waals surface area contributed by atoms with E-state index >= 15 is 0 Å². The van der Waals surface area contributed by atoms with Gasteiger partial charge in [0.2, 0.25) is 0 Å². The molecule has 0 aromatic rings. The predicted molar refractivity (Wildman–Crippen MR) is 80.6 cm³/mol. The molecule has 2 saturated carbocycles. The summed E-state index contributed by atoms with van der Waals surface area (Å²) in [6, 6.07) is 0.0814. The quantitative estimate of drug-likeness (QED) is 0.830. The van der Waals surface area contributed by atoms with E-state index < -0.39 is 11.9 Å². The van der Waals surface area contributed by atoms with Crippen LogP contribution in [0.1, 0.15) is 45.4 Å². The summed E-state index contributed by atoms with van der Waals surface area (Å²) in [6.07, 6.45) is 6.38. The van der Waals surface area contributed by atoms with E-state index in [1.165, 1.54) is 12.8 Å². The predicted octanol–water partition coefficient (Wildman–Crippen LogP) is 1.84. The zero-order chi connectivity index (χ0) is 15.7. The van der Waals surface area contributed by atoms with Crippen LogP contribution in [0.15, 0.2) is 0 Å². The minimum absolute atomic E-state index is 0.102. The van der Waals surface area contributed by atoms with Gasteiger partial charge in [-0.15, -0.1) is 0 Å². The van der Waals surface area contributed by atoms with Crippen molar-refractivity contribution in [2.75, 3.05) is 19.7 Å². The fourth-order valence-corrected chi connectivity index (χ4v) is 4.48. The van der Waals surface area contributed by atoms with Crippen LogP contribution in [-0.2, 0) is 9.53 Å². The lowest BCUT2D eigenvalue weighted by atomic mass is 9.60. The minimum atomic E-state index is -0.803. The Morgan fingerprint density at radius 2 is 2.09 bits per heavy atom. The number of likely N-dealkylation sites (tertiary alicyclic amines) is 1. The molecule has 6 nitrogen and oxygen atoms in total. The van der Waals surface area contributed by atoms with Gasteiger partial charge in [0.15, 0.2) is 0 Å². The maximum Gasteiger partial charge on any atom is 0.317 e. The van der Waals surface area contributed by atoms with Crippen LogP contribution in [0.3, 0.4) is 0 Å². The van der Waals surface area contributed by atoms with Crippen molar-refractivity contribution in [3.8, 4) is 0 Å². The molecule has 1 spiro atoms. The van der Waals surface area contributed by atoms with Crippen LogP contribution in [0.4, 0.5) is 4.79 Å². The molecule has 0 radical (unpaired) electrons. The van der Waals surface area contributed by atoms with Crippen LogP contribution in [0.5, 0.6) is 0 Å². The molecular formula is C16H26N2O4. The third kappa shape index (κ3) is 2.57. The number of amides is 2. The van der Waals surface area contributed by atoms with Crippen molar-refractivity contribution in [2.24, 2.45) is 11.3 Å². The molecule has 2 aliphatic carbocycles. The number of carbonyl (C=O) groups is 2. The van der Waals surface area contributed by atoms with Crippen molar-refractivity contribution in [1.29, 1.82) is 0 Å². The molecule has 3 rings (SSSR count). The van der Waals surface area contributed by atoms with E-state index in [4.69, 9.17) is 9.84 Å². The second-order valence-corrected chi connectivity index (χ2v) is 6.89. The summed E-state index contributed by atoms with van der Waals surface area (Å²) in [7, 11) is 0. The first-order valence-corrected chi connectivity index (χ1v) is 8.46. The number of carbonyl (C=O) groups excluding carboxylic acids is 1. The maximum absolute atomic E-state index is 12.4. The van der Waals surface area contributed by atoms with E-state index in [1.807, 2.05) is 6.92 Å². The van der Waals surface area contributed by atoms with E-state index in [0.717, 1.165) is 25.9 Å². The number of rotatable bonds is 4. The highest BCUT2D eigenvalue weighted by atomic mass is 16.5. The van der Waals surface area contributed by atoms with Crippen molar-refractivity contribution in [1.82, 2.24) is 10.2 Å². The highest BCUT2D eigenvalue weighted by Gasteiger charge is 2.57. The molecular weight excluding hydrogens is 284 g/mol. The average Bonchev–Trinajstić information content (AvgIpc) is 3.16. The molecule has 3 atom stereocenters. The largest absolute Gasteiger partial charge is 0.481 e. The van der Waals surface area contributed by atoms with Gasteiger partial charge in [-0.2, -0.15) is 0 Å². The summed E-state index contributed by atoms with van der Waals surface area (Å²) in [4.78, 5) is 25.1. The van der Waals surface area contributed by atoms with Crippen molar-refractivity contribution in [3.05, 3.63) is 0 Å². The van der Waals surface area contributed by atoms with Gasteiger partial charge in [0.25, 0.3) is 0 Å². The lowest BCUT2D eigenvalue weighted by Gasteiger charge is -2.54. The molecule has 2 amide bonds. The Hall–Kier alpha value is -1.30. The molecule has 2 N–H and O–H groups in total. The molecule has 1 heterocycles. The van der Waals surface area contributed by atoms with Crippen molar-refractivity contribution >= 4 is 12.0 Å². The lowest BCUT2D eigenvalue weighted by molar-refractivity contribution is -0.141. The monoisotopic (exact) mass is 310 g/mol. The van der Waals surface area contributed by atoms with Crippen molar-refractivity contribution in [3.63, 3.8) is 0 Å². The first-order chi connectivity index (χ1) is 10.6. The molecule has 22 heavy (non-hydrogen) atoms. The van der Waals surface area contributed by atoms with E-state index in [-0.39, 0.29) is 23.6 Å². The SMILES string of the molecule is CCOC1CC(NC(=O)N2CCC(C(=O)O)C2)C12CCCC2. The molecule has 6 heteroatoms. The average molecular weight is 310 g/mol. The van der Waals surface area contributed by atoms with E-state index in [1.54, 1.807) is 4.90 Å². The molecule has 3 aliphatic rings. The Balaban J connectivity index is 1.57. The molecule has 124 valence electrons. The number of nitrogens with one attached hydrogen (secondary N) is 1. The zero-order valence-electron chi connectivity index (χ0n) is 13.2. The fourth-order valence-electron chi connectivity index (χ4n) is 4.48. The van der Waals surface area contributed by atoms with Crippen LogP contribution in [0, 0.1) is 11.3 Å². The Bertz CT molecular complexity index is 447. The van der Waals surface area contributed by atoms with Crippen LogP contribution >= 0.6 is 0 Å². The lowest BCUT2D eigenvalue weighted by Crippen LogP contribution is -2.65. The smallest absolute Gasteiger partial charge is 0.317 e. The van der Waals surface area contributed by atoms with Gasteiger partial charge in [-0.3, -0.25) is 4.79 Å². The highest BCUT2D eigenvalue weighted by molar-refractivity contribution is 5.77. The standard InChI is InChI=1S/C16H26N2O4/c1-2-22-13-9-12(16(13)6-3-4-7-16)17-15(21)18-8-5-11(10-18)14(19)20/h11-13H,2-10H2,1H3,(H,17,21)(H,19,20). The summed E-state index contributed by atoms with van der Waals surface area (Å²) in [5, 5.41) is 12.2. The molecule has 0 aromatic heterocycles. The third-order valence-corrected chi connectivity index (χ3v) is 5.81. The number of aliphatic carboxylic acids is 1. The van der Waals surface area contributed by atoms with E-state index in [9.17, 15) is 9.59 Å². The first kappa shape index (κ1) is 15.6. The summed E-state index contributed by atoms with van der Waals surface area (Å²) >= 11 is 0. The van der Waals surface area contributed by atoms with Crippen LogP contribution < -0.4 is 5.32 Å². The fraction of sp³-hybridized carbons (Fsp3) is 0.875. The first-order valence-electron chi connectivity index (χ1n) is 8.46. The van der Waals surface area contributed by atoms with Gasteiger partial charge >= 0.3 is 12.0 Å². The molecule has 0 bridgehead atoms. The second-order valence-electron chi connectivity index (χ2n) is 6.89. The maximum atomic E-state index is 12.4. The molecule has 1 aliphatic heterocycles. The van der Waals surface area contributed by atoms with E-state index in [0.29, 0.717) is 19.5 Å². The number of hydrogen-bond acceptors (Lipinski definition) is 3. The Morgan fingerprint density at radius 3 is 2.68 bits per heavy atom. The van der Waals surface area contributed by atoms with Crippen LogP contribution in [0.25, 0.3) is 0 Å². The van der Waals surface area contributed by atoms with Gasteiger partial charge in [-0.1, -0.05) is 12.8 Å². The molecule has 1 saturated heterocycles. The number of urea groups is 1. The van der Waals surface area contributed by atoms with Crippen molar-refractivity contribution in [2.45, 2.75) is 57.6 Å². The summed E-state index contributed by atoms with van der Waals surface area (Å²) < 4.78 is 5.86. The normalized spacial score (nSPS) is 33.0. The Labute approximate surface area is 131 Å². The topological polar surface area (TPSA) is 78.9 Å². The van der Waals surface area contributed by atoms with Gasteiger partial charge in [0.05, 0.1) is 12.0 Å². The third-order valence-electron chi connectivity index (χ3n) is 5.81. The van der Waals surface area contributed by atoms with Gasteiger partial charge in [-0.05, 0) is 32.6 Å². The number of ether oxygens (including phenoxy) is 1. The summed E-state index contributed by atoms with van der Waals surface area (Å²) in [5.41, 5.74) is 0.123. The van der Waals surface area contributed by atoms with Gasteiger partial charge in [0.1, 0.15) is 0 Å². The number of hydrogen-bond donors (Lipinski definition) is 2. The van der Waals surface area contributed by atoms with Gasteiger partial charge in [-0.25, -0.2) is 4.79 Å². The van der Waals surface area contributed by atoms with Crippen molar-refractivity contribution < 1.29 is 19.4 Å². The van der Waals surface area contributed by atoms with Gasteiger partial charge in [0, 0.05) is 31.2 Å². The number of nitrogens with zero attached hydrogens (tertiary/aromatic N) is 1. The summed E-state index contributed by atoms with van der Waals surface area (Å²) in [5.74, 6) is -1.22. The molecule has 3 fully saturated rings. The number of carboxylic acids is 1. The number of carboxylic acid groups (broad SMARTS) is 1. The van der Waals surface area contributed by atoms with E-state index in [2.05, 4.69) is 5.32 Å². The highest BCUT2D eigenvalue weighted by Crippen LogP contribution is 2.54. The summed E-state index contributed by atoms with van der Waals surface area (Å²) in [6.45, 7) is 3.61. The minimum Gasteiger partial charge on any atom is -0.481 e. The molecule has 3 unspecified atom stereocenters. The zero-order valence-corrected chi connectivity index (χ0v) is 13.2. The second kappa shape index (κ2) is 6.07. The Kier molecular flexibility index (Phi) is 4.30.